The van der Waals surface area contributed by atoms with Crippen LogP contribution in [-0.2, 0) is 15.9 Å². The first-order valence-electron chi connectivity index (χ1n) is 10.8. The first-order chi connectivity index (χ1) is 15.2. The summed E-state index contributed by atoms with van der Waals surface area (Å²) in [6, 6.07) is 12.0. The Morgan fingerprint density at radius 1 is 1.06 bits per heavy atom. The Balaban J connectivity index is 1.15. The Bertz CT molecular complexity index is 1130. The Labute approximate surface area is 180 Å². The molecule has 1 aromatic carbocycles. The largest absolute Gasteiger partial charge is 0.371 e. The molecule has 6 rings (SSSR count). The minimum atomic E-state index is -0.124. The summed E-state index contributed by atoms with van der Waals surface area (Å²) in [6.07, 6.45) is 2.59. The number of nitrogens with zero attached hydrogens (tertiary/aromatic N) is 5. The van der Waals surface area contributed by atoms with Crippen LogP contribution in [-0.4, -0.2) is 77.4 Å². The van der Waals surface area contributed by atoms with Gasteiger partial charge in [-0.05, 0) is 30.2 Å². The second-order valence-corrected chi connectivity index (χ2v) is 8.60. The monoisotopic (exact) mass is 419 g/mol. The van der Waals surface area contributed by atoms with E-state index >= 15 is 0 Å². The van der Waals surface area contributed by atoms with Crippen LogP contribution >= 0.6 is 0 Å². The number of anilines is 1. The molecule has 3 aliphatic heterocycles. The quantitative estimate of drug-likeness (QED) is 0.632. The number of likely N-dealkylation sites (N-methyl/N-ethyl adjacent to an activating group) is 1. The van der Waals surface area contributed by atoms with Crippen LogP contribution in [0, 0.1) is 0 Å². The molecule has 0 bridgehead atoms. The van der Waals surface area contributed by atoms with E-state index in [1.165, 1.54) is 5.56 Å². The summed E-state index contributed by atoms with van der Waals surface area (Å²) < 4.78 is 14.6. The van der Waals surface area contributed by atoms with Crippen molar-refractivity contribution in [3.8, 4) is 0 Å². The molecular weight excluding hydrogens is 394 g/mol. The van der Waals surface area contributed by atoms with E-state index in [2.05, 4.69) is 25.5 Å². The van der Waals surface area contributed by atoms with Crippen molar-refractivity contribution in [3.63, 3.8) is 0 Å². The van der Waals surface area contributed by atoms with Gasteiger partial charge in [0, 0.05) is 26.7 Å². The van der Waals surface area contributed by atoms with Crippen LogP contribution in [0.4, 0.5) is 5.82 Å². The van der Waals surface area contributed by atoms with E-state index in [1.807, 2.05) is 48.6 Å². The van der Waals surface area contributed by atoms with Gasteiger partial charge in [0.2, 0.25) is 0 Å². The van der Waals surface area contributed by atoms with Gasteiger partial charge in [0.15, 0.2) is 0 Å². The third-order valence-corrected chi connectivity index (χ3v) is 6.64. The minimum Gasteiger partial charge on any atom is -0.371 e. The maximum Gasteiger partial charge on any atom is 0.272 e. The molecule has 3 aromatic rings. The molecule has 5 heterocycles. The molecule has 2 atom stereocenters. The summed E-state index contributed by atoms with van der Waals surface area (Å²) in [5.74, 6) is 0.864. The molecule has 0 N–H and O–H groups in total. The van der Waals surface area contributed by atoms with E-state index in [4.69, 9.17) is 9.47 Å². The topological polar surface area (TPSA) is 72.7 Å². The van der Waals surface area contributed by atoms with Crippen LogP contribution in [0.25, 0.3) is 11.0 Å². The number of likely N-dealkylation sites (tertiary alicyclic amines) is 1. The van der Waals surface area contributed by atoms with E-state index in [9.17, 15) is 4.79 Å². The van der Waals surface area contributed by atoms with Crippen LogP contribution in [0.5, 0.6) is 0 Å². The zero-order valence-corrected chi connectivity index (χ0v) is 17.5. The Hall–Kier alpha value is -2.97. The third-order valence-electron chi connectivity index (χ3n) is 6.64. The minimum absolute atomic E-state index is 0.0551. The maximum atomic E-state index is 13.1. The number of hydrogen-bond donors (Lipinski definition) is 0. The van der Waals surface area contributed by atoms with Crippen LogP contribution in [0.15, 0.2) is 42.7 Å². The summed E-state index contributed by atoms with van der Waals surface area (Å²) in [4.78, 5) is 26.1. The summed E-state index contributed by atoms with van der Waals surface area (Å²) in [7, 11) is 2.02. The van der Waals surface area contributed by atoms with E-state index in [0.717, 1.165) is 29.8 Å². The van der Waals surface area contributed by atoms with E-state index in [-0.39, 0.29) is 24.2 Å². The average molecular weight is 419 g/mol. The van der Waals surface area contributed by atoms with Crippen LogP contribution in [0.2, 0.25) is 0 Å². The molecule has 2 saturated heterocycles. The number of imidazole rings is 1. The fraction of sp³-hybridized carbons (Fsp3) is 0.435. The molecule has 0 spiro atoms. The predicted molar refractivity (Wildman–Crippen MR) is 115 cm³/mol. The van der Waals surface area contributed by atoms with Crippen molar-refractivity contribution in [2.24, 2.45) is 0 Å². The number of aromatic nitrogens is 3. The summed E-state index contributed by atoms with van der Waals surface area (Å²) in [5, 5.41) is 0. The SMILES string of the molecule is CN1CCc2ccc(C(=O)N3C[C@@H]4OCC(n5cnc6ccccc65)CO[C@H]4C3)nc21. The Kier molecular flexibility index (Phi) is 4.43. The van der Waals surface area contributed by atoms with Crippen molar-refractivity contribution in [1.29, 1.82) is 0 Å². The maximum absolute atomic E-state index is 13.1. The van der Waals surface area contributed by atoms with E-state index in [1.54, 1.807) is 0 Å². The summed E-state index contributed by atoms with van der Waals surface area (Å²) in [5.41, 5.74) is 3.74. The highest BCUT2D eigenvalue weighted by molar-refractivity contribution is 5.93. The lowest BCUT2D eigenvalue weighted by Gasteiger charge is -2.20. The Morgan fingerprint density at radius 3 is 2.65 bits per heavy atom. The third kappa shape index (κ3) is 3.18. The van der Waals surface area contributed by atoms with Crippen LogP contribution in [0.1, 0.15) is 22.1 Å². The number of ether oxygens (including phenoxy) is 2. The zero-order valence-electron chi connectivity index (χ0n) is 17.5. The molecule has 0 unspecified atom stereocenters. The molecule has 2 aromatic heterocycles. The fourth-order valence-corrected chi connectivity index (χ4v) is 4.86. The van der Waals surface area contributed by atoms with Gasteiger partial charge in [0.25, 0.3) is 5.91 Å². The van der Waals surface area contributed by atoms with Crippen molar-refractivity contribution in [1.82, 2.24) is 19.4 Å². The lowest BCUT2D eigenvalue weighted by atomic mass is 10.2. The lowest BCUT2D eigenvalue weighted by Crippen LogP contribution is -2.32. The van der Waals surface area contributed by atoms with Gasteiger partial charge in [-0.1, -0.05) is 18.2 Å². The molecule has 3 aliphatic rings. The highest BCUT2D eigenvalue weighted by Gasteiger charge is 2.40. The number of carbonyl (C=O) groups is 1. The molecular formula is C23H25N5O3. The smallest absolute Gasteiger partial charge is 0.272 e. The number of benzene rings is 1. The van der Waals surface area contributed by atoms with Gasteiger partial charge in [-0.3, -0.25) is 4.79 Å². The van der Waals surface area contributed by atoms with E-state index < -0.39 is 0 Å². The van der Waals surface area contributed by atoms with Crippen LogP contribution < -0.4 is 4.90 Å². The van der Waals surface area contributed by atoms with Gasteiger partial charge in [-0.25, -0.2) is 9.97 Å². The number of hydrogen-bond acceptors (Lipinski definition) is 6. The van der Waals surface area contributed by atoms with Gasteiger partial charge in [0.1, 0.15) is 23.7 Å². The lowest BCUT2D eigenvalue weighted by molar-refractivity contribution is -0.00461. The Morgan fingerprint density at radius 2 is 1.84 bits per heavy atom. The molecule has 1 amide bonds. The standard InChI is InChI=1S/C23H25N5O3/c1-26-9-8-15-6-7-18(25-22(15)26)23(29)27-10-20-21(11-27)31-13-16(12-30-20)28-14-24-17-4-2-3-5-19(17)28/h2-7,14,16,20-21H,8-13H2,1H3/t20-,21-/m0/s1. The van der Waals surface area contributed by atoms with Gasteiger partial charge >= 0.3 is 0 Å². The van der Waals surface area contributed by atoms with Crippen molar-refractivity contribution in [3.05, 3.63) is 54.0 Å². The van der Waals surface area contributed by atoms with Gasteiger partial charge < -0.3 is 23.8 Å². The van der Waals surface area contributed by atoms with Crippen molar-refractivity contribution in [2.75, 3.05) is 44.8 Å². The highest BCUT2D eigenvalue weighted by Crippen LogP contribution is 2.28. The number of rotatable bonds is 2. The van der Waals surface area contributed by atoms with Crippen molar-refractivity contribution < 1.29 is 14.3 Å². The molecule has 0 saturated carbocycles. The summed E-state index contributed by atoms with van der Waals surface area (Å²) >= 11 is 0. The second kappa shape index (κ2) is 7.32. The van der Waals surface area contributed by atoms with Crippen molar-refractivity contribution in [2.45, 2.75) is 24.7 Å². The first-order valence-corrected chi connectivity index (χ1v) is 10.8. The number of pyridine rings is 1. The van der Waals surface area contributed by atoms with Gasteiger partial charge in [-0.2, -0.15) is 0 Å². The molecule has 8 nitrogen and oxygen atoms in total. The van der Waals surface area contributed by atoms with Crippen LogP contribution in [0.3, 0.4) is 0 Å². The molecule has 0 aliphatic carbocycles. The average Bonchev–Trinajstić information content (AvgIpc) is 3.48. The highest BCUT2D eigenvalue weighted by atomic mass is 16.6. The number of para-hydroxylation sites is 2. The molecule has 0 radical (unpaired) electrons. The number of amides is 1. The number of fused-ring (bicyclic) bond motifs is 3. The van der Waals surface area contributed by atoms with Gasteiger partial charge in [-0.15, -0.1) is 0 Å². The molecule has 31 heavy (non-hydrogen) atoms. The predicted octanol–water partition coefficient (Wildman–Crippen LogP) is 1.90. The number of carbonyl (C=O) groups excluding carboxylic acids is 1. The normalized spacial score (nSPS) is 23.8. The van der Waals surface area contributed by atoms with E-state index in [0.29, 0.717) is 32.0 Å². The molecule has 8 heteroatoms. The zero-order chi connectivity index (χ0) is 20.9. The molecule has 2 fully saturated rings. The first kappa shape index (κ1) is 18.8. The fourth-order valence-electron chi connectivity index (χ4n) is 4.86. The summed E-state index contributed by atoms with van der Waals surface area (Å²) in [6.45, 7) is 3.06. The van der Waals surface area contributed by atoms with Gasteiger partial charge in [0.05, 0.1) is 36.6 Å². The molecule has 160 valence electrons. The van der Waals surface area contributed by atoms with Crippen molar-refractivity contribution >= 4 is 22.8 Å². The second-order valence-electron chi connectivity index (χ2n) is 8.60.